The van der Waals surface area contributed by atoms with E-state index in [4.69, 9.17) is 4.42 Å². The molecule has 282 valence electrons. The minimum absolute atomic E-state index is 0.900. The van der Waals surface area contributed by atoms with E-state index >= 15 is 0 Å². The fourth-order valence-corrected chi connectivity index (χ4v) is 8.97. The van der Waals surface area contributed by atoms with Gasteiger partial charge in [-0.3, -0.25) is 0 Å². The molecule has 0 fully saturated rings. The molecule has 60 heavy (non-hydrogen) atoms. The van der Waals surface area contributed by atoms with Crippen LogP contribution in [0.25, 0.3) is 88.3 Å². The van der Waals surface area contributed by atoms with Gasteiger partial charge in [0.1, 0.15) is 11.2 Å². The van der Waals surface area contributed by atoms with Crippen LogP contribution in [0, 0.1) is 0 Å². The lowest BCUT2D eigenvalue weighted by molar-refractivity contribution is 0.670. The number of nitrogens with zero attached hydrogens (tertiary/aromatic N) is 1. The molecule has 0 radical (unpaired) electrons. The van der Waals surface area contributed by atoms with Gasteiger partial charge in [0, 0.05) is 33.0 Å². The summed E-state index contributed by atoms with van der Waals surface area (Å²) in [6.07, 6.45) is 0. The van der Waals surface area contributed by atoms with E-state index in [2.05, 4.69) is 229 Å². The van der Waals surface area contributed by atoms with Crippen molar-refractivity contribution in [1.82, 2.24) is 0 Å². The summed E-state index contributed by atoms with van der Waals surface area (Å²) in [5, 5.41) is 4.63. The fourth-order valence-electron chi connectivity index (χ4n) is 8.97. The predicted molar refractivity (Wildman–Crippen MR) is 253 cm³/mol. The second-order valence-corrected chi connectivity index (χ2v) is 15.2. The molecule has 11 rings (SSSR count). The number of rotatable bonds is 8. The monoisotopic (exact) mass is 765 g/mol. The van der Waals surface area contributed by atoms with E-state index in [0.717, 1.165) is 61.3 Å². The van der Waals surface area contributed by atoms with Crippen LogP contribution in [0.5, 0.6) is 0 Å². The van der Waals surface area contributed by atoms with E-state index in [1.165, 1.54) is 44.2 Å². The molecule has 0 bridgehead atoms. The van der Waals surface area contributed by atoms with Crippen LogP contribution in [-0.2, 0) is 0 Å². The Morgan fingerprint density at radius 2 is 0.783 bits per heavy atom. The summed E-state index contributed by atoms with van der Waals surface area (Å²) in [4.78, 5) is 2.44. The Kier molecular flexibility index (Phi) is 8.87. The van der Waals surface area contributed by atoms with Gasteiger partial charge < -0.3 is 9.32 Å². The minimum Gasteiger partial charge on any atom is -0.455 e. The first-order valence-corrected chi connectivity index (χ1v) is 20.5. The summed E-state index contributed by atoms with van der Waals surface area (Å²) >= 11 is 0. The van der Waals surface area contributed by atoms with Crippen LogP contribution in [-0.4, -0.2) is 0 Å². The second kappa shape index (κ2) is 15.1. The zero-order valence-electron chi connectivity index (χ0n) is 32.9. The molecule has 11 aromatic rings. The van der Waals surface area contributed by atoms with Crippen molar-refractivity contribution in [3.63, 3.8) is 0 Å². The fraction of sp³-hybridized carbons (Fsp3) is 0. The predicted octanol–water partition coefficient (Wildman–Crippen LogP) is 16.5. The van der Waals surface area contributed by atoms with Crippen LogP contribution in [0.1, 0.15) is 0 Å². The third kappa shape index (κ3) is 6.14. The highest BCUT2D eigenvalue weighted by molar-refractivity contribution is 6.10. The third-order valence-electron chi connectivity index (χ3n) is 11.7. The van der Waals surface area contributed by atoms with Crippen LogP contribution in [0.4, 0.5) is 17.1 Å². The Morgan fingerprint density at radius 3 is 1.58 bits per heavy atom. The summed E-state index contributed by atoms with van der Waals surface area (Å²) in [6, 6.07) is 85.0. The van der Waals surface area contributed by atoms with Gasteiger partial charge in [0.25, 0.3) is 0 Å². The van der Waals surface area contributed by atoms with E-state index in [9.17, 15) is 0 Å². The molecule has 1 aromatic heterocycles. The minimum atomic E-state index is 0.900. The highest BCUT2D eigenvalue weighted by atomic mass is 16.3. The maximum Gasteiger partial charge on any atom is 0.143 e. The van der Waals surface area contributed by atoms with Gasteiger partial charge in [-0.1, -0.05) is 206 Å². The van der Waals surface area contributed by atoms with Gasteiger partial charge in [-0.15, -0.1) is 0 Å². The SMILES string of the molecule is c1ccc(-c2ccccc2-c2c(-c3ccccc3)cccc2-c2ccccc2N(c2ccc(-c3cccc4c3oc3ccccc34)cc2)c2cccc3ccccc23)cc1. The summed E-state index contributed by atoms with van der Waals surface area (Å²) in [7, 11) is 0. The molecule has 1 heterocycles. The van der Waals surface area contributed by atoms with Gasteiger partial charge in [-0.25, -0.2) is 0 Å². The number of furan rings is 1. The van der Waals surface area contributed by atoms with Gasteiger partial charge in [0.15, 0.2) is 0 Å². The number of hydrogen-bond donors (Lipinski definition) is 0. The lowest BCUT2D eigenvalue weighted by Gasteiger charge is -2.30. The zero-order valence-corrected chi connectivity index (χ0v) is 32.9. The molecule has 0 N–H and O–H groups in total. The lowest BCUT2D eigenvalue weighted by atomic mass is 9.84. The van der Waals surface area contributed by atoms with Gasteiger partial charge >= 0.3 is 0 Å². The first kappa shape index (κ1) is 35.2. The molecule has 0 atom stereocenters. The summed E-state index contributed by atoms with van der Waals surface area (Å²) < 4.78 is 6.48. The van der Waals surface area contributed by atoms with E-state index in [0.29, 0.717) is 0 Å². The number of hydrogen-bond acceptors (Lipinski definition) is 2. The van der Waals surface area contributed by atoms with Gasteiger partial charge in [0.2, 0.25) is 0 Å². The Morgan fingerprint density at radius 1 is 0.283 bits per heavy atom. The average molecular weight is 766 g/mol. The van der Waals surface area contributed by atoms with Crippen molar-refractivity contribution in [2.24, 2.45) is 0 Å². The van der Waals surface area contributed by atoms with Crippen LogP contribution in [0.15, 0.2) is 241 Å². The molecule has 2 nitrogen and oxygen atoms in total. The number of para-hydroxylation sites is 3. The normalized spacial score (nSPS) is 11.3. The van der Waals surface area contributed by atoms with Crippen molar-refractivity contribution in [2.45, 2.75) is 0 Å². The van der Waals surface area contributed by atoms with Crippen molar-refractivity contribution in [3.8, 4) is 55.6 Å². The van der Waals surface area contributed by atoms with Crippen molar-refractivity contribution < 1.29 is 4.42 Å². The Hall–Kier alpha value is -7.94. The first-order chi connectivity index (χ1) is 29.8. The van der Waals surface area contributed by atoms with Crippen LogP contribution in [0.2, 0.25) is 0 Å². The molecule has 0 saturated heterocycles. The highest BCUT2D eigenvalue weighted by Gasteiger charge is 2.24. The molecular weight excluding hydrogens is 727 g/mol. The Bertz CT molecular complexity index is 3300. The molecule has 0 amide bonds. The Labute approximate surface area is 349 Å². The lowest BCUT2D eigenvalue weighted by Crippen LogP contribution is -2.12. The van der Waals surface area contributed by atoms with Crippen molar-refractivity contribution >= 4 is 49.8 Å². The van der Waals surface area contributed by atoms with Crippen LogP contribution >= 0.6 is 0 Å². The summed E-state index contributed by atoms with van der Waals surface area (Å²) in [6.45, 7) is 0. The number of benzene rings is 10. The van der Waals surface area contributed by atoms with Crippen LogP contribution in [0.3, 0.4) is 0 Å². The Balaban J connectivity index is 1.14. The second-order valence-electron chi connectivity index (χ2n) is 15.2. The average Bonchev–Trinajstić information content (AvgIpc) is 3.72. The maximum atomic E-state index is 6.48. The van der Waals surface area contributed by atoms with Crippen molar-refractivity contribution in [2.75, 3.05) is 4.90 Å². The van der Waals surface area contributed by atoms with E-state index in [1.807, 2.05) is 12.1 Å². The molecule has 0 spiro atoms. The van der Waals surface area contributed by atoms with Gasteiger partial charge in [-0.05, 0) is 80.2 Å². The molecule has 0 unspecified atom stereocenters. The van der Waals surface area contributed by atoms with Gasteiger partial charge in [0.05, 0.1) is 11.4 Å². The molecule has 0 aliphatic rings. The molecule has 10 aromatic carbocycles. The van der Waals surface area contributed by atoms with E-state index in [1.54, 1.807) is 0 Å². The third-order valence-corrected chi connectivity index (χ3v) is 11.7. The standard InChI is InChI=1S/C58H39NO/c1-3-18-40(19-4-1)45-24-9-10-28-51(45)57-47(42-20-5-2-6-21-42)29-16-31-52(57)49-26-11-13-33-55(49)59(54-34-15-23-41-22-7-8-25-46(41)54)44-38-36-43(37-39-44)48-30-17-32-53-50-27-12-14-35-56(50)60-58(48)53/h1-39H. The summed E-state index contributed by atoms with van der Waals surface area (Å²) in [5.41, 5.74) is 16.7. The number of anilines is 3. The molecule has 0 aliphatic heterocycles. The quantitative estimate of drug-likeness (QED) is 0.153. The maximum absolute atomic E-state index is 6.48. The summed E-state index contributed by atoms with van der Waals surface area (Å²) in [5.74, 6) is 0. The molecule has 0 aliphatic carbocycles. The molecule has 2 heteroatoms. The zero-order chi connectivity index (χ0) is 39.8. The number of fused-ring (bicyclic) bond motifs is 4. The van der Waals surface area contributed by atoms with E-state index < -0.39 is 0 Å². The van der Waals surface area contributed by atoms with Crippen LogP contribution < -0.4 is 4.90 Å². The highest BCUT2D eigenvalue weighted by Crippen LogP contribution is 2.49. The van der Waals surface area contributed by atoms with Crippen molar-refractivity contribution in [1.29, 1.82) is 0 Å². The largest absolute Gasteiger partial charge is 0.455 e. The van der Waals surface area contributed by atoms with Crippen molar-refractivity contribution in [3.05, 3.63) is 237 Å². The van der Waals surface area contributed by atoms with E-state index in [-0.39, 0.29) is 0 Å². The smallest absolute Gasteiger partial charge is 0.143 e. The van der Waals surface area contributed by atoms with Gasteiger partial charge in [-0.2, -0.15) is 0 Å². The first-order valence-electron chi connectivity index (χ1n) is 20.5. The molecular formula is C58H39NO. The topological polar surface area (TPSA) is 16.4 Å². The molecule has 0 saturated carbocycles.